The first-order valence-electron chi connectivity index (χ1n) is 8.81. The first-order valence-corrected chi connectivity index (χ1v) is 8.81. The Morgan fingerprint density at radius 2 is 1.92 bits per heavy atom. The first-order chi connectivity index (χ1) is 12.2. The Labute approximate surface area is 153 Å². The van der Waals surface area contributed by atoms with Gasteiger partial charge in [0.05, 0.1) is 18.2 Å². The number of nitrogens with zero attached hydrogens (tertiary/aromatic N) is 2. The Hall–Kier alpha value is -2.63. The summed E-state index contributed by atoms with van der Waals surface area (Å²) in [7, 11) is 1.33. The molecular formula is C20H25N3O3. The number of amides is 1. The van der Waals surface area contributed by atoms with Gasteiger partial charge in [-0.1, -0.05) is 6.07 Å². The van der Waals surface area contributed by atoms with Gasteiger partial charge in [0.2, 0.25) is 0 Å². The Bertz CT molecular complexity index is 858. The van der Waals surface area contributed by atoms with Gasteiger partial charge in [-0.25, -0.2) is 4.79 Å². The Kier molecular flexibility index (Phi) is 4.61. The highest BCUT2D eigenvalue weighted by molar-refractivity contribution is 6.04. The van der Waals surface area contributed by atoms with E-state index in [2.05, 4.69) is 31.2 Å². The third-order valence-electron chi connectivity index (χ3n) is 4.51. The zero-order chi connectivity index (χ0) is 19.1. The fourth-order valence-electron chi connectivity index (χ4n) is 2.90. The van der Waals surface area contributed by atoms with E-state index in [-0.39, 0.29) is 11.4 Å². The SMILES string of the molecule is COC(=O)c1ccc(C)c(NC(=O)c2cc(C3CC3)n(C(C)(C)C)n2)c1. The fourth-order valence-corrected chi connectivity index (χ4v) is 2.90. The summed E-state index contributed by atoms with van der Waals surface area (Å²) in [5.74, 6) is -0.221. The van der Waals surface area contributed by atoms with Crippen molar-refractivity contribution in [1.29, 1.82) is 0 Å². The highest BCUT2D eigenvalue weighted by atomic mass is 16.5. The van der Waals surface area contributed by atoms with Crippen LogP contribution in [0, 0.1) is 6.92 Å². The molecule has 1 heterocycles. The monoisotopic (exact) mass is 355 g/mol. The molecule has 1 aliphatic rings. The van der Waals surface area contributed by atoms with Gasteiger partial charge in [-0.3, -0.25) is 9.48 Å². The quantitative estimate of drug-likeness (QED) is 0.845. The molecule has 1 aromatic carbocycles. The second-order valence-electron chi connectivity index (χ2n) is 7.79. The normalized spacial score (nSPS) is 14.2. The van der Waals surface area contributed by atoms with E-state index in [1.165, 1.54) is 7.11 Å². The molecule has 1 saturated carbocycles. The van der Waals surface area contributed by atoms with Crippen LogP contribution in [0.25, 0.3) is 0 Å². The van der Waals surface area contributed by atoms with Crippen LogP contribution in [-0.4, -0.2) is 28.8 Å². The Morgan fingerprint density at radius 3 is 2.50 bits per heavy atom. The van der Waals surface area contributed by atoms with Crippen molar-refractivity contribution in [3.05, 3.63) is 46.8 Å². The van der Waals surface area contributed by atoms with Crippen molar-refractivity contribution in [3.63, 3.8) is 0 Å². The van der Waals surface area contributed by atoms with E-state index in [0.29, 0.717) is 22.9 Å². The molecule has 26 heavy (non-hydrogen) atoms. The topological polar surface area (TPSA) is 73.2 Å². The molecule has 0 atom stereocenters. The van der Waals surface area contributed by atoms with Crippen molar-refractivity contribution in [2.45, 2.75) is 52.0 Å². The van der Waals surface area contributed by atoms with E-state index in [1.807, 2.05) is 17.7 Å². The van der Waals surface area contributed by atoms with Crippen LogP contribution in [0.5, 0.6) is 0 Å². The highest BCUT2D eigenvalue weighted by Crippen LogP contribution is 2.41. The van der Waals surface area contributed by atoms with Crippen LogP contribution in [0.3, 0.4) is 0 Å². The molecule has 1 aromatic heterocycles. The summed E-state index contributed by atoms with van der Waals surface area (Å²) in [5.41, 5.74) is 3.16. The molecule has 0 saturated heterocycles. The molecule has 2 aromatic rings. The van der Waals surface area contributed by atoms with Crippen LogP contribution >= 0.6 is 0 Å². The van der Waals surface area contributed by atoms with Crippen molar-refractivity contribution in [3.8, 4) is 0 Å². The van der Waals surface area contributed by atoms with E-state index in [1.54, 1.807) is 18.2 Å². The number of rotatable bonds is 4. The molecule has 6 heteroatoms. The molecule has 0 radical (unpaired) electrons. The van der Waals surface area contributed by atoms with Crippen molar-refractivity contribution in [2.24, 2.45) is 0 Å². The lowest BCUT2D eigenvalue weighted by molar-refractivity contribution is 0.0600. The summed E-state index contributed by atoms with van der Waals surface area (Å²) in [6, 6.07) is 6.97. The van der Waals surface area contributed by atoms with Gasteiger partial charge in [-0.05, 0) is 64.3 Å². The number of aromatic nitrogens is 2. The molecule has 1 amide bonds. The molecule has 6 nitrogen and oxygen atoms in total. The third kappa shape index (κ3) is 3.64. The number of benzene rings is 1. The third-order valence-corrected chi connectivity index (χ3v) is 4.51. The van der Waals surface area contributed by atoms with E-state index < -0.39 is 5.97 Å². The summed E-state index contributed by atoms with van der Waals surface area (Å²) in [6.45, 7) is 8.12. The lowest BCUT2D eigenvalue weighted by Crippen LogP contribution is -2.25. The molecule has 0 aliphatic heterocycles. The van der Waals surface area contributed by atoms with Gasteiger partial charge in [0.15, 0.2) is 5.69 Å². The summed E-state index contributed by atoms with van der Waals surface area (Å²) in [6.07, 6.45) is 2.28. The number of methoxy groups -OCH3 is 1. The minimum atomic E-state index is -0.437. The number of esters is 1. The van der Waals surface area contributed by atoms with Crippen LogP contribution in [0.1, 0.15) is 71.6 Å². The summed E-state index contributed by atoms with van der Waals surface area (Å²) in [5, 5.41) is 7.43. The van der Waals surface area contributed by atoms with Crippen LogP contribution in [0.4, 0.5) is 5.69 Å². The average Bonchev–Trinajstić information content (AvgIpc) is 3.32. The molecule has 0 bridgehead atoms. The Balaban J connectivity index is 1.88. The standard InChI is InChI=1S/C20H25N3O3/c1-12-6-7-14(19(25)26-5)10-15(12)21-18(24)16-11-17(13-8-9-13)23(22-16)20(2,3)4/h6-7,10-11,13H,8-9H2,1-5H3,(H,21,24). The van der Waals surface area contributed by atoms with Gasteiger partial charge in [0.1, 0.15) is 0 Å². The van der Waals surface area contributed by atoms with Crippen LogP contribution in [0.2, 0.25) is 0 Å². The van der Waals surface area contributed by atoms with Gasteiger partial charge in [0.25, 0.3) is 5.91 Å². The van der Waals surface area contributed by atoms with Gasteiger partial charge in [0, 0.05) is 17.3 Å². The number of ether oxygens (including phenoxy) is 1. The summed E-state index contributed by atoms with van der Waals surface area (Å²) >= 11 is 0. The number of nitrogens with one attached hydrogen (secondary N) is 1. The van der Waals surface area contributed by atoms with E-state index in [0.717, 1.165) is 24.1 Å². The number of hydrogen-bond donors (Lipinski definition) is 1. The number of hydrogen-bond acceptors (Lipinski definition) is 4. The number of anilines is 1. The Morgan fingerprint density at radius 1 is 1.23 bits per heavy atom. The predicted molar refractivity (Wildman–Crippen MR) is 99.7 cm³/mol. The molecule has 0 spiro atoms. The summed E-state index contributed by atoms with van der Waals surface area (Å²) < 4.78 is 6.70. The number of aryl methyl sites for hydroxylation is 1. The van der Waals surface area contributed by atoms with Gasteiger partial charge >= 0.3 is 5.97 Å². The number of carbonyl (C=O) groups is 2. The van der Waals surface area contributed by atoms with Crippen molar-refractivity contribution >= 4 is 17.6 Å². The van der Waals surface area contributed by atoms with Crippen LogP contribution < -0.4 is 5.32 Å². The molecule has 3 rings (SSSR count). The maximum atomic E-state index is 12.7. The molecule has 1 fully saturated rings. The van der Waals surface area contributed by atoms with Crippen LogP contribution in [0.15, 0.2) is 24.3 Å². The van der Waals surface area contributed by atoms with E-state index >= 15 is 0 Å². The predicted octanol–water partition coefficient (Wildman–Crippen LogP) is 3.86. The largest absolute Gasteiger partial charge is 0.465 e. The lowest BCUT2D eigenvalue weighted by atomic mass is 10.1. The van der Waals surface area contributed by atoms with Crippen molar-refractivity contribution in [2.75, 3.05) is 12.4 Å². The minimum absolute atomic E-state index is 0.183. The zero-order valence-electron chi connectivity index (χ0n) is 15.9. The molecule has 1 aliphatic carbocycles. The zero-order valence-corrected chi connectivity index (χ0v) is 15.9. The fraction of sp³-hybridized carbons (Fsp3) is 0.450. The molecular weight excluding hydrogens is 330 g/mol. The van der Waals surface area contributed by atoms with Gasteiger partial charge in [-0.15, -0.1) is 0 Å². The van der Waals surface area contributed by atoms with Crippen molar-refractivity contribution < 1.29 is 14.3 Å². The maximum absolute atomic E-state index is 12.7. The van der Waals surface area contributed by atoms with Gasteiger partial charge in [-0.2, -0.15) is 5.10 Å². The highest BCUT2D eigenvalue weighted by Gasteiger charge is 2.32. The number of carbonyl (C=O) groups excluding carboxylic acids is 2. The maximum Gasteiger partial charge on any atom is 0.337 e. The first kappa shape index (κ1) is 18.2. The van der Waals surface area contributed by atoms with Crippen molar-refractivity contribution in [1.82, 2.24) is 9.78 Å². The average molecular weight is 355 g/mol. The van der Waals surface area contributed by atoms with E-state index in [9.17, 15) is 9.59 Å². The molecule has 138 valence electrons. The van der Waals surface area contributed by atoms with Gasteiger partial charge < -0.3 is 10.1 Å². The van der Waals surface area contributed by atoms with E-state index in [4.69, 9.17) is 4.74 Å². The lowest BCUT2D eigenvalue weighted by Gasteiger charge is -2.22. The second-order valence-corrected chi connectivity index (χ2v) is 7.79. The molecule has 0 unspecified atom stereocenters. The summed E-state index contributed by atoms with van der Waals surface area (Å²) in [4.78, 5) is 24.5. The second kappa shape index (κ2) is 6.59. The smallest absolute Gasteiger partial charge is 0.337 e. The van der Waals surface area contributed by atoms with Crippen LogP contribution in [-0.2, 0) is 10.3 Å². The minimum Gasteiger partial charge on any atom is -0.465 e. The molecule has 1 N–H and O–H groups in total.